The zero-order valence-electron chi connectivity index (χ0n) is 10.8. The van der Waals surface area contributed by atoms with Gasteiger partial charge in [0.25, 0.3) is 0 Å². The van der Waals surface area contributed by atoms with E-state index in [9.17, 15) is 13.2 Å². The van der Waals surface area contributed by atoms with Crippen molar-refractivity contribution >= 4 is 15.9 Å². The summed E-state index contributed by atoms with van der Waals surface area (Å²) in [5.41, 5.74) is -0.502. The lowest BCUT2D eigenvalue weighted by atomic mass is 10.1. The average Bonchev–Trinajstić information content (AvgIpc) is 2.41. The van der Waals surface area contributed by atoms with Gasteiger partial charge in [-0.15, -0.1) is 0 Å². The van der Waals surface area contributed by atoms with E-state index in [1.807, 2.05) is 6.92 Å². The number of benzene rings is 2. The van der Waals surface area contributed by atoms with E-state index in [1.165, 1.54) is 6.07 Å². The van der Waals surface area contributed by atoms with Gasteiger partial charge in [0.15, 0.2) is 0 Å². The Balaban J connectivity index is 2.34. The van der Waals surface area contributed by atoms with Crippen LogP contribution in [0.15, 0.2) is 40.9 Å². The summed E-state index contributed by atoms with van der Waals surface area (Å²) in [6.07, 6.45) is -4.56. The van der Waals surface area contributed by atoms with Crippen molar-refractivity contribution in [1.82, 2.24) is 0 Å². The van der Waals surface area contributed by atoms with Gasteiger partial charge in [0.1, 0.15) is 11.5 Å². The highest BCUT2D eigenvalue weighted by molar-refractivity contribution is 9.10. The van der Waals surface area contributed by atoms with Crippen molar-refractivity contribution in [2.45, 2.75) is 13.1 Å². The van der Waals surface area contributed by atoms with Crippen LogP contribution >= 0.6 is 15.9 Å². The number of aryl methyl sites for hydroxylation is 1. The topological polar surface area (TPSA) is 33.0 Å². The Morgan fingerprint density at radius 1 is 1.10 bits per heavy atom. The monoisotopic (exact) mass is 355 g/mol. The van der Waals surface area contributed by atoms with E-state index < -0.39 is 17.3 Å². The maximum atomic E-state index is 12.7. The number of nitrogens with zero attached hydrogens (tertiary/aromatic N) is 1. The molecule has 0 spiro atoms. The van der Waals surface area contributed by atoms with Crippen LogP contribution in [0, 0.1) is 18.3 Å². The third-order valence-corrected chi connectivity index (χ3v) is 3.67. The van der Waals surface area contributed by atoms with Gasteiger partial charge in [-0.1, -0.05) is 15.9 Å². The Kier molecular flexibility index (Phi) is 4.24. The predicted octanol–water partition coefficient (Wildman–Crippen LogP) is 5.44. The van der Waals surface area contributed by atoms with Crippen LogP contribution in [-0.2, 0) is 6.18 Å². The minimum absolute atomic E-state index is 0.182. The molecule has 0 aliphatic heterocycles. The van der Waals surface area contributed by atoms with E-state index >= 15 is 0 Å². The Morgan fingerprint density at radius 2 is 1.71 bits per heavy atom. The van der Waals surface area contributed by atoms with Crippen molar-refractivity contribution < 1.29 is 17.9 Å². The molecule has 0 N–H and O–H groups in total. The molecule has 0 aliphatic carbocycles. The summed E-state index contributed by atoms with van der Waals surface area (Å²) < 4.78 is 44.5. The highest BCUT2D eigenvalue weighted by Crippen LogP contribution is 2.34. The van der Waals surface area contributed by atoms with Crippen LogP contribution in [-0.4, -0.2) is 0 Å². The molecule has 0 amide bonds. The lowest BCUT2D eigenvalue weighted by molar-refractivity contribution is -0.137. The van der Waals surface area contributed by atoms with E-state index in [1.54, 1.807) is 24.3 Å². The minimum atomic E-state index is -4.56. The molecule has 0 saturated heterocycles. The standard InChI is InChI=1S/C15H9BrF3NO/c1-9-6-11(3-5-14(9)16)21-12-2-4-13(15(17,18)19)10(7-12)8-20/h2-7H,1H3. The number of hydrogen-bond donors (Lipinski definition) is 0. The van der Waals surface area contributed by atoms with Crippen molar-refractivity contribution in [1.29, 1.82) is 5.26 Å². The molecule has 0 aliphatic rings. The molecule has 2 aromatic carbocycles. The quantitative estimate of drug-likeness (QED) is 0.718. The second kappa shape index (κ2) is 5.78. The van der Waals surface area contributed by atoms with Gasteiger partial charge in [0, 0.05) is 4.47 Å². The van der Waals surface area contributed by atoms with Crippen molar-refractivity contribution in [3.8, 4) is 17.6 Å². The fraction of sp³-hybridized carbons (Fsp3) is 0.133. The highest BCUT2D eigenvalue weighted by Gasteiger charge is 2.33. The number of ether oxygens (including phenoxy) is 1. The number of halogens is 4. The van der Waals surface area contributed by atoms with Gasteiger partial charge in [0.2, 0.25) is 0 Å². The summed E-state index contributed by atoms with van der Waals surface area (Å²) in [7, 11) is 0. The first-order valence-corrected chi connectivity index (χ1v) is 6.66. The summed E-state index contributed by atoms with van der Waals surface area (Å²) in [6, 6.07) is 9.87. The summed E-state index contributed by atoms with van der Waals surface area (Å²) in [6.45, 7) is 1.87. The molecule has 0 radical (unpaired) electrons. The smallest absolute Gasteiger partial charge is 0.417 e. The maximum absolute atomic E-state index is 12.7. The Morgan fingerprint density at radius 3 is 2.29 bits per heavy atom. The normalized spacial score (nSPS) is 11.0. The van der Waals surface area contributed by atoms with Crippen LogP contribution in [0.3, 0.4) is 0 Å². The molecule has 6 heteroatoms. The minimum Gasteiger partial charge on any atom is -0.457 e. The number of hydrogen-bond acceptors (Lipinski definition) is 2. The molecule has 0 fully saturated rings. The molecule has 2 nitrogen and oxygen atoms in total. The lowest BCUT2D eigenvalue weighted by Gasteiger charge is -2.11. The zero-order valence-corrected chi connectivity index (χ0v) is 12.4. The van der Waals surface area contributed by atoms with Crippen molar-refractivity contribution in [2.75, 3.05) is 0 Å². The van der Waals surface area contributed by atoms with Gasteiger partial charge < -0.3 is 4.74 Å². The summed E-state index contributed by atoms with van der Waals surface area (Å²) in [4.78, 5) is 0. The van der Waals surface area contributed by atoms with Crippen LogP contribution in [0.1, 0.15) is 16.7 Å². The van der Waals surface area contributed by atoms with Crippen LogP contribution in [0.2, 0.25) is 0 Å². The maximum Gasteiger partial charge on any atom is 0.417 e. The fourth-order valence-electron chi connectivity index (χ4n) is 1.74. The molecular formula is C15H9BrF3NO. The molecule has 0 bridgehead atoms. The van der Waals surface area contributed by atoms with Crippen molar-refractivity contribution in [3.63, 3.8) is 0 Å². The second-order valence-electron chi connectivity index (χ2n) is 4.33. The molecule has 2 aromatic rings. The van der Waals surface area contributed by atoms with E-state index in [0.29, 0.717) is 5.75 Å². The van der Waals surface area contributed by atoms with E-state index in [2.05, 4.69) is 15.9 Å². The van der Waals surface area contributed by atoms with Crippen LogP contribution in [0.25, 0.3) is 0 Å². The first kappa shape index (κ1) is 15.4. The molecule has 2 rings (SSSR count). The largest absolute Gasteiger partial charge is 0.457 e. The second-order valence-corrected chi connectivity index (χ2v) is 5.18. The third kappa shape index (κ3) is 3.56. The molecule has 21 heavy (non-hydrogen) atoms. The molecule has 0 atom stereocenters. The SMILES string of the molecule is Cc1cc(Oc2ccc(C(F)(F)F)c(C#N)c2)ccc1Br. The molecule has 0 heterocycles. The third-order valence-electron chi connectivity index (χ3n) is 2.78. The first-order valence-electron chi connectivity index (χ1n) is 5.86. The van der Waals surface area contributed by atoms with Crippen LogP contribution in [0.5, 0.6) is 11.5 Å². The number of rotatable bonds is 2. The highest BCUT2D eigenvalue weighted by atomic mass is 79.9. The van der Waals surface area contributed by atoms with Gasteiger partial charge in [-0.25, -0.2) is 0 Å². The number of alkyl halides is 3. The fourth-order valence-corrected chi connectivity index (χ4v) is 1.99. The van der Waals surface area contributed by atoms with Gasteiger partial charge in [0.05, 0.1) is 17.2 Å². The molecular weight excluding hydrogens is 347 g/mol. The van der Waals surface area contributed by atoms with Gasteiger partial charge in [-0.05, 0) is 48.9 Å². The number of nitriles is 1. The Bertz CT molecular complexity index is 720. The molecule has 108 valence electrons. The lowest BCUT2D eigenvalue weighted by Crippen LogP contribution is -2.07. The first-order chi connectivity index (χ1) is 9.81. The molecule has 0 unspecified atom stereocenters. The van der Waals surface area contributed by atoms with Gasteiger partial charge in [-0.2, -0.15) is 18.4 Å². The average molecular weight is 356 g/mol. The summed E-state index contributed by atoms with van der Waals surface area (Å²) in [5.74, 6) is 0.667. The zero-order chi connectivity index (χ0) is 15.6. The summed E-state index contributed by atoms with van der Waals surface area (Å²) in [5, 5.41) is 8.84. The predicted molar refractivity (Wildman–Crippen MR) is 75.1 cm³/mol. The van der Waals surface area contributed by atoms with E-state index in [-0.39, 0.29) is 5.75 Å². The summed E-state index contributed by atoms with van der Waals surface area (Å²) >= 11 is 3.35. The Hall–Kier alpha value is -2.00. The van der Waals surface area contributed by atoms with Gasteiger partial charge in [-0.3, -0.25) is 0 Å². The molecule has 0 saturated carbocycles. The Labute approximate surface area is 127 Å². The van der Waals surface area contributed by atoms with Crippen molar-refractivity contribution in [2.24, 2.45) is 0 Å². The van der Waals surface area contributed by atoms with Crippen molar-refractivity contribution in [3.05, 3.63) is 57.6 Å². The van der Waals surface area contributed by atoms with E-state index in [4.69, 9.17) is 10.00 Å². The molecule has 0 aromatic heterocycles. The van der Waals surface area contributed by atoms with Crippen LogP contribution in [0.4, 0.5) is 13.2 Å². The van der Waals surface area contributed by atoms with Gasteiger partial charge >= 0.3 is 6.18 Å². The van der Waals surface area contributed by atoms with E-state index in [0.717, 1.165) is 22.2 Å². The van der Waals surface area contributed by atoms with Crippen LogP contribution < -0.4 is 4.74 Å².